The van der Waals surface area contributed by atoms with Gasteiger partial charge in [0.15, 0.2) is 0 Å². The molecule has 0 aliphatic heterocycles. The second kappa shape index (κ2) is 6.48. The van der Waals surface area contributed by atoms with E-state index in [2.05, 4.69) is 64.1 Å². The Balaban J connectivity index is 2.20. The van der Waals surface area contributed by atoms with Crippen LogP contribution in [0.15, 0.2) is 53.6 Å². The highest BCUT2D eigenvalue weighted by molar-refractivity contribution is 5.86. The van der Waals surface area contributed by atoms with Crippen molar-refractivity contribution >= 4 is 5.97 Å². The van der Waals surface area contributed by atoms with Crippen molar-refractivity contribution in [3.05, 3.63) is 59.2 Å². The van der Waals surface area contributed by atoms with E-state index >= 15 is 0 Å². The molecular formula is C23H30O2. The first-order valence-electron chi connectivity index (χ1n) is 9.41. The predicted octanol–water partition coefficient (Wildman–Crippen LogP) is 5.68. The van der Waals surface area contributed by atoms with Crippen LogP contribution in [-0.4, -0.2) is 11.1 Å². The summed E-state index contributed by atoms with van der Waals surface area (Å²) in [5.41, 5.74) is 3.04. The van der Waals surface area contributed by atoms with Crippen LogP contribution >= 0.6 is 0 Å². The van der Waals surface area contributed by atoms with E-state index in [1.807, 2.05) is 6.07 Å². The summed E-state index contributed by atoms with van der Waals surface area (Å²) in [4.78, 5) is 11.6. The number of hydrogen-bond acceptors (Lipinski definition) is 1. The number of carbonyl (C=O) groups is 1. The molecule has 25 heavy (non-hydrogen) atoms. The van der Waals surface area contributed by atoms with Gasteiger partial charge in [-0.05, 0) is 49.5 Å². The Morgan fingerprint density at radius 2 is 1.84 bits per heavy atom. The number of carboxylic acid groups (broad SMARTS) is 1. The summed E-state index contributed by atoms with van der Waals surface area (Å²) < 4.78 is 0. The van der Waals surface area contributed by atoms with Crippen molar-refractivity contribution in [2.45, 2.75) is 47.0 Å². The quantitative estimate of drug-likeness (QED) is 0.569. The molecule has 2 heteroatoms. The molecule has 1 aromatic carbocycles. The molecule has 0 heterocycles. The van der Waals surface area contributed by atoms with Crippen LogP contribution in [0, 0.1) is 29.1 Å². The van der Waals surface area contributed by atoms with Gasteiger partial charge in [0.1, 0.15) is 0 Å². The number of carboxylic acids is 1. The van der Waals surface area contributed by atoms with Crippen molar-refractivity contribution in [1.82, 2.24) is 0 Å². The van der Waals surface area contributed by atoms with Crippen LogP contribution in [-0.2, 0) is 4.79 Å². The minimum atomic E-state index is -0.811. The molecular weight excluding hydrogens is 308 g/mol. The van der Waals surface area contributed by atoms with Gasteiger partial charge in [-0.15, -0.1) is 0 Å². The number of hydrogen-bond donors (Lipinski definition) is 1. The van der Waals surface area contributed by atoms with E-state index in [0.717, 1.165) is 0 Å². The Morgan fingerprint density at radius 3 is 2.44 bits per heavy atom. The number of allylic oxidation sites excluding steroid dienone is 3. The molecule has 2 nitrogen and oxygen atoms in total. The molecule has 0 radical (unpaired) electrons. The van der Waals surface area contributed by atoms with E-state index in [-0.39, 0.29) is 11.3 Å². The van der Waals surface area contributed by atoms with Crippen molar-refractivity contribution in [3.8, 4) is 0 Å². The first-order chi connectivity index (χ1) is 11.8. The summed E-state index contributed by atoms with van der Waals surface area (Å²) in [6.45, 7) is 11.0. The molecule has 1 aromatic rings. The van der Waals surface area contributed by atoms with Crippen molar-refractivity contribution in [3.63, 3.8) is 0 Å². The minimum absolute atomic E-state index is 0.182. The summed E-state index contributed by atoms with van der Waals surface area (Å²) in [5.74, 6) is 1.69. The highest BCUT2D eigenvalue weighted by Crippen LogP contribution is 2.61. The number of fused-ring (bicyclic) bond motifs is 1. The summed E-state index contributed by atoms with van der Waals surface area (Å²) in [5, 5.41) is 9.51. The van der Waals surface area contributed by atoms with Gasteiger partial charge in [-0.1, -0.05) is 68.8 Å². The van der Waals surface area contributed by atoms with Crippen molar-refractivity contribution in [1.29, 1.82) is 0 Å². The summed E-state index contributed by atoms with van der Waals surface area (Å²) in [6.07, 6.45) is 5.69. The number of aliphatic carboxylic acids is 1. The largest absolute Gasteiger partial charge is 0.478 e. The Morgan fingerprint density at radius 1 is 1.20 bits per heavy atom. The predicted molar refractivity (Wildman–Crippen MR) is 102 cm³/mol. The lowest BCUT2D eigenvalue weighted by molar-refractivity contribution is -0.132. The molecule has 0 bridgehead atoms. The molecule has 0 amide bonds. The van der Waals surface area contributed by atoms with Gasteiger partial charge in [-0.25, -0.2) is 4.79 Å². The minimum Gasteiger partial charge on any atom is -0.478 e. The van der Waals surface area contributed by atoms with E-state index in [9.17, 15) is 9.90 Å². The molecule has 1 saturated carbocycles. The van der Waals surface area contributed by atoms with E-state index in [1.54, 1.807) is 6.92 Å². The van der Waals surface area contributed by atoms with Crippen LogP contribution in [0.2, 0.25) is 0 Å². The van der Waals surface area contributed by atoms with Crippen molar-refractivity contribution < 1.29 is 9.90 Å². The van der Waals surface area contributed by atoms with E-state index < -0.39 is 5.97 Å². The molecule has 3 rings (SSSR count). The highest BCUT2D eigenvalue weighted by Gasteiger charge is 2.54. The average molecular weight is 338 g/mol. The molecule has 0 unspecified atom stereocenters. The second-order valence-corrected chi connectivity index (χ2v) is 8.54. The lowest BCUT2D eigenvalue weighted by Crippen LogP contribution is -2.41. The first-order valence-corrected chi connectivity index (χ1v) is 9.41. The number of rotatable bonds is 3. The maximum absolute atomic E-state index is 11.6. The van der Waals surface area contributed by atoms with Gasteiger partial charge in [-0.3, -0.25) is 0 Å². The molecule has 2 aliphatic rings. The van der Waals surface area contributed by atoms with Crippen molar-refractivity contribution in [2.24, 2.45) is 29.1 Å². The highest BCUT2D eigenvalue weighted by atomic mass is 16.4. The molecule has 2 aliphatic carbocycles. The zero-order valence-electron chi connectivity index (χ0n) is 16.0. The zero-order chi connectivity index (χ0) is 18.4. The van der Waals surface area contributed by atoms with Crippen molar-refractivity contribution in [2.75, 3.05) is 0 Å². The van der Waals surface area contributed by atoms with Gasteiger partial charge in [0, 0.05) is 16.9 Å². The van der Waals surface area contributed by atoms with Crippen LogP contribution in [0.3, 0.4) is 0 Å². The Hall–Kier alpha value is -1.83. The van der Waals surface area contributed by atoms with Crippen LogP contribution in [0.25, 0.3) is 0 Å². The molecule has 134 valence electrons. The Bertz CT molecular complexity index is 715. The van der Waals surface area contributed by atoms with Crippen LogP contribution in [0.4, 0.5) is 0 Å². The molecule has 0 spiro atoms. The van der Waals surface area contributed by atoms with Crippen LogP contribution in [0.1, 0.15) is 52.5 Å². The molecule has 0 aromatic heterocycles. The SMILES string of the molecule is CC1=C[C@@H](c2ccccc2)[C@](C)(/C=C(\C)C(=O)O)[C@H]2[C@H]1[C@H](C)C[C@H]2C. The Labute approximate surface area is 151 Å². The molecule has 1 fully saturated rings. The molecule has 1 N–H and O–H groups in total. The van der Waals surface area contributed by atoms with E-state index in [4.69, 9.17) is 0 Å². The Kier molecular flexibility index (Phi) is 4.66. The van der Waals surface area contributed by atoms with Gasteiger partial charge >= 0.3 is 5.97 Å². The van der Waals surface area contributed by atoms with Gasteiger partial charge in [0.2, 0.25) is 0 Å². The van der Waals surface area contributed by atoms with E-state index in [0.29, 0.717) is 29.2 Å². The third kappa shape index (κ3) is 2.96. The first kappa shape index (κ1) is 18.0. The standard InChI is InChI=1S/C23H30O2/c1-14-11-16(3)21-20(14)15(2)12-19(18-9-7-6-8-10-18)23(21,5)13-17(4)22(24)25/h6-10,12-14,16,19-21H,11H2,1-5H3,(H,24,25)/b17-13+/t14-,16-,19+,20+,21-,23+/m1/s1. The third-order valence-corrected chi connectivity index (χ3v) is 6.72. The fourth-order valence-corrected chi connectivity index (χ4v) is 5.91. The summed E-state index contributed by atoms with van der Waals surface area (Å²) in [6, 6.07) is 10.6. The summed E-state index contributed by atoms with van der Waals surface area (Å²) >= 11 is 0. The monoisotopic (exact) mass is 338 g/mol. The normalized spacial score (nSPS) is 38.2. The van der Waals surface area contributed by atoms with Gasteiger partial charge in [0.25, 0.3) is 0 Å². The van der Waals surface area contributed by atoms with Gasteiger partial charge < -0.3 is 5.11 Å². The zero-order valence-corrected chi connectivity index (χ0v) is 16.0. The second-order valence-electron chi connectivity index (χ2n) is 8.54. The number of benzene rings is 1. The fourth-order valence-electron chi connectivity index (χ4n) is 5.91. The summed E-state index contributed by atoms with van der Waals surface area (Å²) in [7, 11) is 0. The molecule has 0 saturated heterocycles. The maximum Gasteiger partial charge on any atom is 0.330 e. The smallest absolute Gasteiger partial charge is 0.330 e. The topological polar surface area (TPSA) is 37.3 Å². The van der Waals surface area contributed by atoms with E-state index in [1.165, 1.54) is 17.6 Å². The lowest BCUT2D eigenvalue weighted by Gasteiger charge is -2.49. The van der Waals surface area contributed by atoms with Crippen LogP contribution < -0.4 is 0 Å². The maximum atomic E-state index is 11.6. The van der Waals surface area contributed by atoms with Gasteiger partial charge in [0.05, 0.1) is 0 Å². The third-order valence-electron chi connectivity index (χ3n) is 6.72. The lowest BCUT2D eigenvalue weighted by atomic mass is 9.55. The fraction of sp³-hybridized carbons (Fsp3) is 0.522. The molecule has 6 atom stereocenters. The van der Waals surface area contributed by atoms with Crippen LogP contribution in [0.5, 0.6) is 0 Å². The van der Waals surface area contributed by atoms with Gasteiger partial charge in [-0.2, -0.15) is 0 Å². The average Bonchev–Trinajstić information content (AvgIpc) is 2.87.